The van der Waals surface area contributed by atoms with Crippen LogP contribution >= 0.6 is 22.6 Å². The fraction of sp³-hybridized carbons (Fsp3) is 0.125. The van der Waals surface area contributed by atoms with Crippen molar-refractivity contribution in [2.24, 2.45) is 0 Å². The second kappa shape index (κ2) is 3.84. The van der Waals surface area contributed by atoms with Gasteiger partial charge in [-0.2, -0.15) is 13.2 Å². The SMILES string of the molecule is O=C(c1c(F)cccc1I)C(F)(F)F. The standard InChI is InChI=1S/C8H3F4IO/c9-4-2-1-3-5(13)6(4)7(14)8(10,11)12/h1-3H. The Labute approximate surface area is 90.2 Å². The van der Waals surface area contributed by atoms with Crippen LogP contribution < -0.4 is 0 Å². The van der Waals surface area contributed by atoms with E-state index in [1.807, 2.05) is 0 Å². The van der Waals surface area contributed by atoms with Crippen molar-refractivity contribution >= 4 is 28.4 Å². The molecule has 0 unspecified atom stereocenters. The molecule has 0 amide bonds. The Bertz CT molecular complexity index is 352. The summed E-state index contributed by atoms with van der Waals surface area (Å²) in [6, 6.07) is 3.30. The van der Waals surface area contributed by atoms with Gasteiger partial charge >= 0.3 is 6.18 Å². The van der Waals surface area contributed by atoms with Gasteiger partial charge in [-0.1, -0.05) is 6.07 Å². The summed E-state index contributed by atoms with van der Waals surface area (Å²) in [4.78, 5) is 10.7. The van der Waals surface area contributed by atoms with Crippen LogP contribution in [0.3, 0.4) is 0 Å². The Morgan fingerprint density at radius 1 is 1.29 bits per heavy atom. The van der Waals surface area contributed by atoms with Crippen molar-refractivity contribution in [3.05, 3.63) is 33.1 Å². The maximum Gasteiger partial charge on any atom is 0.455 e. The Hall–Kier alpha value is -0.660. The van der Waals surface area contributed by atoms with Gasteiger partial charge in [0.25, 0.3) is 5.78 Å². The normalized spacial score (nSPS) is 11.5. The van der Waals surface area contributed by atoms with Gasteiger partial charge in [-0.3, -0.25) is 4.79 Å². The zero-order valence-electron chi connectivity index (χ0n) is 6.53. The lowest BCUT2D eigenvalue weighted by Crippen LogP contribution is -2.24. The Balaban J connectivity index is 3.26. The molecule has 0 atom stereocenters. The van der Waals surface area contributed by atoms with Crippen LogP contribution in [0.2, 0.25) is 0 Å². The molecular weight excluding hydrogens is 315 g/mol. The van der Waals surface area contributed by atoms with Crippen molar-refractivity contribution in [2.45, 2.75) is 6.18 Å². The van der Waals surface area contributed by atoms with Gasteiger partial charge in [0.05, 0.1) is 5.56 Å². The predicted octanol–water partition coefficient (Wildman–Crippen LogP) is 3.18. The van der Waals surface area contributed by atoms with Crippen molar-refractivity contribution in [2.75, 3.05) is 0 Å². The van der Waals surface area contributed by atoms with Crippen LogP contribution in [0.4, 0.5) is 17.6 Å². The van der Waals surface area contributed by atoms with Crippen molar-refractivity contribution < 1.29 is 22.4 Å². The highest BCUT2D eigenvalue weighted by Gasteiger charge is 2.41. The molecule has 0 aliphatic heterocycles. The summed E-state index contributed by atoms with van der Waals surface area (Å²) < 4.78 is 48.8. The van der Waals surface area contributed by atoms with E-state index in [4.69, 9.17) is 0 Å². The molecule has 1 rings (SSSR count). The third-order valence-electron chi connectivity index (χ3n) is 1.45. The van der Waals surface area contributed by atoms with Crippen LogP contribution in [0.25, 0.3) is 0 Å². The maximum absolute atomic E-state index is 12.9. The molecule has 0 aromatic heterocycles. The molecule has 0 N–H and O–H groups in total. The molecule has 1 aromatic carbocycles. The number of halogens is 5. The van der Waals surface area contributed by atoms with Crippen LogP contribution in [0.5, 0.6) is 0 Å². The molecule has 0 bridgehead atoms. The summed E-state index contributed by atoms with van der Waals surface area (Å²) >= 11 is 1.48. The van der Waals surface area contributed by atoms with E-state index >= 15 is 0 Å². The molecule has 76 valence electrons. The first-order chi connectivity index (χ1) is 6.34. The third-order valence-corrected chi connectivity index (χ3v) is 2.35. The number of ketones is 1. The lowest BCUT2D eigenvalue weighted by atomic mass is 10.1. The van der Waals surface area contributed by atoms with Gasteiger partial charge in [-0.05, 0) is 34.7 Å². The van der Waals surface area contributed by atoms with Crippen LogP contribution in [0, 0.1) is 9.39 Å². The van der Waals surface area contributed by atoms with E-state index < -0.39 is 23.3 Å². The number of carbonyl (C=O) groups excluding carboxylic acids is 1. The third kappa shape index (κ3) is 2.23. The second-order valence-electron chi connectivity index (χ2n) is 2.42. The van der Waals surface area contributed by atoms with Crippen molar-refractivity contribution in [3.63, 3.8) is 0 Å². The fourth-order valence-electron chi connectivity index (χ4n) is 0.856. The molecular formula is C8H3F4IO. The molecule has 1 nitrogen and oxygen atoms in total. The average molecular weight is 318 g/mol. The van der Waals surface area contributed by atoms with E-state index in [-0.39, 0.29) is 3.57 Å². The van der Waals surface area contributed by atoms with Crippen molar-refractivity contribution in [1.29, 1.82) is 0 Å². The first-order valence-corrected chi connectivity index (χ1v) is 4.47. The topological polar surface area (TPSA) is 17.1 Å². The van der Waals surface area contributed by atoms with E-state index in [1.54, 1.807) is 0 Å². The summed E-state index contributed by atoms with van der Waals surface area (Å²) in [7, 11) is 0. The highest BCUT2D eigenvalue weighted by molar-refractivity contribution is 14.1. The number of hydrogen-bond acceptors (Lipinski definition) is 1. The Morgan fingerprint density at radius 3 is 2.29 bits per heavy atom. The van der Waals surface area contributed by atoms with Gasteiger partial charge in [0, 0.05) is 3.57 Å². The van der Waals surface area contributed by atoms with E-state index in [0.717, 1.165) is 6.07 Å². The van der Waals surface area contributed by atoms with Crippen molar-refractivity contribution in [1.82, 2.24) is 0 Å². The molecule has 0 radical (unpaired) electrons. The highest BCUT2D eigenvalue weighted by Crippen LogP contribution is 2.26. The molecule has 6 heteroatoms. The summed E-state index contributed by atoms with van der Waals surface area (Å²) in [6.07, 6.45) is -5.04. The molecule has 0 aliphatic rings. The molecule has 14 heavy (non-hydrogen) atoms. The molecule has 0 spiro atoms. The van der Waals surface area contributed by atoms with Gasteiger partial charge in [-0.25, -0.2) is 4.39 Å². The zero-order chi connectivity index (χ0) is 10.9. The van der Waals surface area contributed by atoms with Crippen molar-refractivity contribution in [3.8, 4) is 0 Å². The minimum absolute atomic E-state index is 0.0510. The monoisotopic (exact) mass is 318 g/mol. The number of benzene rings is 1. The van der Waals surface area contributed by atoms with E-state index in [1.165, 1.54) is 34.7 Å². The van der Waals surface area contributed by atoms with Gasteiger partial charge < -0.3 is 0 Å². The number of Topliss-reactive ketones (excluding diaryl/α,β-unsaturated/α-hetero) is 1. The summed E-state index contributed by atoms with van der Waals surface area (Å²) in [5.74, 6) is -3.31. The zero-order valence-corrected chi connectivity index (χ0v) is 8.69. The molecule has 0 aliphatic carbocycles. The van der Waals surface area contributed by atoms with Gasteiger partial charge in [0.2, 0.25) is 0 Å². The van der Waals surface area contributed by atoms with E-state index in [0.29, 0.717) is 0 Å². The van der Waals surface area contributed by atoms with Crippen LogP contribution in [0.15, 0.2) is 18.2 Å². The first-order valence-electron chi connectivity index (χ1n) is 3.39. The largest absolute Gasteiger partial charge is 0.455 e. The van der Waals surface area contributed by atoms with E-state index in [9.17, 15) is 22.4 Å². The number of alkyl halides is 3. The minimum Gasteiger partial charge on any atom is -0.284 e. The Morgan fingerprint density at radius 2 is 1.86 bits per heavy atom. The predicted molar refractivity (Wildman–Crippen MR) is 49.5 cm³/mol. The summed E-state index contributed by atoms with van der Waals surface area (Å²) in [5, 5.41) is 0. The smallest absolute Gasteiger partial charge is 0.284 e. The maximum atomic E-state index is 12.9. The van der Waals surface area contributed by atoms with Gasteiger partial charge in [-0.15, -0.1) is 0 Å². The van der Waals surface area contributed by atoms with Gasteiger partial charge in [0.15, 0.2) is 0 Å². The summed E-state index contributed by atoms with van der Waals surface area (Å²) in [5.41, 5.74) is -0.916. The fourth-order valence-corrected chi connectivity index (χ4v) is 1.57. The van der Waals surface area contributed by atoms with E-state index in [2.05, 4.69) is 0 Å². The average Bonchev–Trinajstić information content (AvgIpc) is 2.01. The molecule has 0 saturated carbocycles. The lowest BCUT2D eigenvalue weighted by molar-refractivity contribution is -0.0888. The molecule has 0 heterocycles. The van der Waals surface area contributed by atoms with Crippen LogP contribution in [-0.2, 0) is 0 Å². The minimum atomic E-state index is -5.04. The number of hydrogen-bond donors (Lipinski definition) is 0. The number of rotatable bonds is 1. The Kier molecular flexibility index (Phi) is 3.13. The first kappa shape index (κ1) is 11.4. The summed E-state index contributed by atoms with van der Waals surface area (Å²) in [6.45, 7) is 0. The van der Waals surface area contributed by atoms with Gasteiger partial charge in [0.1, 0.15) is 5.82 Å². The highest BCUT2D eigenvalue weighted by atomic mass is 127. The quantitative estimate of drug-likeness (QED) is 0.442. The molecule has 1 aromatic rings. The lowest BCUT2D eigenvalue weighted by Gasteiger charge is -2.07. The second-order valence-corrected chi connectivity index (χ2v) is 3.59. The molecule has 0 fully saturated rings. The van der Waals surface area contributed by atoms with Crippen LogP contribution in [-0.4, -0.2) is 12.0 Å². The molecule has 0 saturated heterocycles. The van der Waals surface area contributed by atoms with Crippen LogP contribution in [0.1, 0.15) is 10.4 Å². The number of carbonyl (C=O) groups is 1.